The Morgan fingerprint density at radius 1 is 1.30 bits per heavy atom. The number of benzene rings is 1. The molecule has 0 saturated carbocycles. The predicted molar refractivity (Wildman–Crippen MR) is 83.1 cm³/mol. The van der Waals surface area contributed by atoms with Crippen LogP contribution in [0.15, 0.2) is 28.7 Å². The van der Waals surface area contributed by atoms with Crippen LogP contribution in [0.25, 0.3) is 0 Å². The summed E-state index contributed by atoms with van der Waals surface area (Å²) in [5.74, 6) is 1.47. The molecule has 3 nitrogen and oxygen atoms in total. The second kappa shape index (κ2) is 5.54. The molecule has 0 radical (unpaired) electrons. The maximum Gasteiger partial charge on any atom is 0.223 e. The highest BCUT2D eigenvalue weighted by molar-refractivity contribution is 9.10. The molecule has 0 saturated heterocycles. The minimum Gasteiger partial charge on any atom is -0.438 e. The van der Waals surface area contributed by atoms with Gasteiger partial charge in [0, 0.05) is 22.3 Å². The van der Waals surface area contributed by atoms with E-state index in [9.17, 15) is 0 Å². The summed E-state index contributed by atoms with van der Waals surface area (Å²) in [4.78, 5) is 4.67. The molecule has 1 heterocycles. The van der Waals surface area contributed by atoms with Crippen molar-refractivity contribution in [1.29, 1.82) is 0 Å². The number of aromatic nitrogens is 1. The third-order valence-electron chi connectivity index (χ3n) is 3.67. The highest BCUT2D eigenvalue weighted by Gasteiger charge is 2.17. The van der Waals surface area contributed by atoms with E-state index in [2.05, 4.69) is 27.0 Å². The summed E-state index contributed by atoms with van der Waals surface area (Å²) in [5.41, 5.74) is 10.4. The maximum atomic E-state index is 6.02. The number of pyridine rings is 1. The molecule has 0 fully saturated rings. The molecule has 1 aliphatic carbocycles. The van der Waals surface area contributed by atoms with Gasteiger partial charge in [-0.15, -0.1) is 0 Å². The SMILES string of the molecule is Cc1ccc(Br)cc1Oc1nc2c(cc1CN)CCC2. The number of ether oxygens (including phenoxy) is 1. The normalized spacial score (nSPS) is 13.3. The van der Waals surface area contributed by atoms with Crippen LogP contribution in [-0.2, 0) is 19.4 Å². The van der Waals surface area contributed by atoms with Gasteiger partial charge in [0.1, 0.15) is 5.75 Å². The standard InChI is InChI=1S/C16H17BrN2O/c1-10-5-6-13(17)8-15(10)20-16-12(9-18)7-11-3-2-4-14(11)19-16/h5-8H,2-4,9,18H2,1H3. The maximum absolute atomic E-state index is 6.02. The van der Waals surface area contributed by atoms with Crippen molar-refractivity contribution in [1.82, 2.24) is 4.98 Å². The molecule has 0 aliphatic heterocycles. The lowest BCUT2D eigenvalue weighted by atomic mass is 10.1. The highest BCUT2D eigenvalue weighted by Crippen LogP contribution is 2.32. The molecule has 0 amide bonds. The van der Waals surface area contributed by atoms with Crippen molar-refractivity contribution >= 4 is 15.9 Å². The molecule has 3 rings (SSSR count). The fraction of sp³-hybridized carbons (Fsp3) is 0.312. The van der Waals surface area contributed by atoms with Crippen molar-refractivity contribution in [3.8, 4) is 11.6 Å². The zero-order valence-corrected chi connectivity index (χ0v) is 13.0. The van der Waals surface area contributed by atoms with Crippen LogP contribution >= 0.6 is 15.9 Å². The summed E-state index contributed by atoms with van der Waals surface area (Å²) in [5, 5.41) is 0. The molecule has 4 heteroatoms. The molecular weight excluding hydrogens is 316 g/mol. The highest BCUT2D eigenvalue weighted by atomic mass is 79.9. The Kier molecular flexibility index (Phi) is 3.76. The summed E-state index contributed by atoms with van der Waals surface area (Å²) in [7, 11) is 0. The zero-order valence-electron chi connectivity index (χ0n) is 11.4. The minimum atomic E-state index is 0.447. The van der Waals surface area contributed by atoms with Gasteiger partial charge in [0.2, 0.25) is 5.88 Å². The van der Waals surface area contributed by atoms with Crippen molar-refractivity contribution < 1.29 is 4.74 Å². The molecular formula is C16H17BrN2O. The smallest absolute Gasteiger partial charge is 0.223 e. The number of aryl methyl sites for hydroxylation is 3. The van der Waals surface area contributed by atoms with Gasteiger partial charge in [-0.2, -0.15) is 0 Å². The van der Waals surface area contributed by atoms with Gasteiger partial charge >= 0.3 is 0 Å². The van der Waals surface area contributed by atoms with Crippen molar-refractivity contribution in [2.24, 2.45) is 5.73 Å². The van der Waals surface area contributed by atoms with Crippen LogP contribution in [-0.4, -0.2) is 4.98 Å². The number of fused-ring (bicyclic) bond motifs is 1. The van der Waals surface area contributed by atoms with Gasteiger partial charge in [-0.3, -0.25) is 0 Å². The number of nitrogens with zero attached hydrogens (tertiary/aromatic N) is 1. The largest absolute Gasteiger partial charge is 0.438 e. The van der Waals surface area contributed by atoms with E-state index in [1.165, 1.54) is 12.0 Å². The van der Waals surface area contributed by atoms with E-state index < -0.39 is 0 Å². The first-order chi connectivity index (χ1) is 9.67. The van der Waals surface area contributed by atoms with Crippen LogP contribution in [0.5, 0.6) is 11.6 Å². The summed E-state index contributed by atoms with van der Waals surface area (Å²) < 4.78 is 7.01. The van der Waals surface area contributed by atoms with Crippen LogP contribution in [0.2, 0.25) is 0 Å². The molecule has 1 aromatic carbocycles. The number of hydrogen-bond acceptors (Lipinski definition) is 3. The molecule has 104 valence electrons. The van der Waals surface area contributed by atoms with Gasteiger partial charge in [0.25, 0.3) is 0 Å². The first-order valence-corrected chi connectivity index (χ1v) is 7.62. The van der Waals surface area contributed by atoms with Crippen LogP contribution in [0.4, 0.5) is 0 Å². The Morgan fingerprint density at radius 2 is 2.15 bits per heavy atom. The lowest BCUT2D eigenvalue weighted by Crippen LogP contribution is -2.04. The molecule has 0 bridgehead atoms. The Morgan fingerprint density at radius 3 is 2.95 bits per heavy atom. The molecule has 0 atom stereocenters. The summed E-state index contributed by atoms with van der Waals surface area (Å²) in [6, 6.07) is 8.14. The monoisotopic (exact) mass is 332 g/mol. The average Bonchev–Trinajstić information content (AvgIpc) is 2.89. The van der Waals surface area contributed by atoms with Crippen molar-refractivity contribution in [2.45, 2.75) is 32.7 Å². The lowest BCUT2D eigenvalue weighted by Gasteiger charge is -2.13. The fourth-order valence-electron chi connectivity index (χ4n) is 2.52. The second-order valence-electron chi connectivity index (χ2n) is 5.13. The van der Waals surface area contributed by atoms with E-state index in [1.807, 2.05) is 25.1 Å². The third-order valence-corrected chi connectivity index (χ3v) is 4.16. The minimum absolute atomic E-state index is 0.447. The van der Waals surface area contributed by atoms with Gasteiger partial charge in [-0.1, -0.05) is 22.0 Å². The van der Waals surface area contributed by atoms with Crippen LogP contribution < -0.4 is 10.5 Å². The number of halogens is 1. The molecule has 2 N–H and O–H groups in total. The van der Waals surface area contributed by atoms with E-state index in [-0.39, 0.29) is 0 Å². The van der Waals surface area contributed by atoms with E-state index in [0.29, 0.717) is 12.4 Å². The zero-order chi connectivity index (χ0) is 14.1. The number of rotatable bonds is 3. The van der Waals surface area contributed by atoms with Crippen LogP contribution in [0, 0.1) is 6.92 Å². The summed E-state index contributed by atoms with van der Waals surface area (Å²) in [6.45, 7) is 2.47. The van der Waals surface area contributed by atoms with Gasteiger partial charge in [0.15, 0.2) is 0 Å². The predicted octanol–water partition coefficient (Wildman–Crippen LogP) is 3.89. The molecule has 1 aliphatic rings. The second-order valence-corrected chi connectivity index (χ2v) is 6.04. The van der Waals surface area contributed by atoms with Crippen molar-refractivity contribution in [3.05, 3.63) is 51.1 Å². The van der Waals surface area contributed by atoms with Gasteiger partial charge in [-0.25, -0.2) is 4.98 Å². The number of nitrogens with two attached hydrogens (primary N) is 1. The van der Waals surface area contributed by atoms with Crippen molar-refractivity contribution in [2.75, 3.05) is 0 Å². The molecule has 0 spiro atoms. The average molecular weight is 333 g/mol. The first-order valence-electron chi connectivity index (χ1n) is 6.83. The summed E-state index contributed by atoms with van der Waals surface area (Å²) in [6.07, 6.45) is 3.31. The lowest BCUT2D eigenvalue weighted by molar-refractivity contribution is 0.451. The topological polar surface area (TPSA) is 48.1 Å². The first kappa shape index (κ1) is 13.6. The number of hydrogen-bond donors (Lipinski definition) is 1. The Bertz CT molecular complexity index is 655. The van der Waals surface area contributed by atoms with Crippen LogP contribution in [0.1, 0.15) is 28.8 Å². The molecule has 1 aromatic heterocycles. The van der Waals surface area contributed by atoms with Gasteiger partial charge in [0.05, 0.1) is 0 Å². The molecule has 0 unspecified atom stereocenters. The quantitative estimate of drug-likeness (QED) is 0.927. The fourth-order valence-corrected chi connectivity index (χ4v) is 2.86. The van der Waals surface area contributed by atoms with E-state index in [0.717, 1.165) is 39.9 Å². The van der Waals surface area contributed by atoms with Crippen molar-refractivity contribution in [3.63, 3.8) is 0 Å². The molecule has 20 heavy (non-hydrogen) atoms. The Labute approximate surface area is 127 Å². The van der Waals surface area contributed by atoms with Gasteiger partial charge in [-0.05, 0) is 55.5 Å². The van der Waals surface area contributed by atoms with Gasteiger partial charge < -0.3 is 10.5 Å². The van der Waals surface area contributed by atoms with E-state index in [1.54, 1.807) is 0 Å². The summed E-state index contributed by atoms with van der Waals surface area (Å²) >= 11 is 3.47. The Balaban J connectivity index is 1.99. The van der Waals surface area contributed by atoms with E-state index >= 15 is 0 Å². The Hall–Kier alpha value is -1.39. The van der Waals surface area contributed by atoms with Crippen LogP contribution in [0.3, 0.4) is 0 Å². The third kappa shape index (κ3) is 2.58. The van der Waals surface area contributed by atoms with E-state index in [4.69, 9.17) is 10.5 Å². The molecule has 2 aromatic rings.